The molecule has 0 unspecified atom stereocenters. The number of aromatic nitrogens is 3. The van der Waals surface area contributed by atoms with E-state index < -0.39 is 0 Å². The third-order valence-electron chi connectivity index (χ3n) is 2.88. The molecular formula is C13H10ClN3O2. The van der Waals surface area contributed by atoms with Crippen LogP contribution in [0.15, 0.2) is 39.6 Å². The second-order valence-corrected chi connectivity index (χ2v) is 4.35. The minimum absolute atomic E-state index is 0.111. The summed E-state index contributed by atoms with van der Waals surface area (Å²) in [7, 11) is 0. The Balaban J connectivity index is 2.43. The van der Waals surface area contributed by atoms with Crippen LogP contribution in [0.25, 0.3) is 16.8 Å². The van der Waals surface area contributed by atoms with Gasteiger partial charge >= 0.3 is 0 Å². The molecule has 0 N–H and O–H groups in total. The van der Waals surface area contributed by atoms with Gasteiger partial charge in [-0.25, -0.2) is 0 Å². The lowest BCUT2D eigenvalue weighted by molar-refractivity contribution is 0.441. The monoisotopic (exact) mass is 275 g/mol. The lowest BCUT2D eigenvalue weighted by Gasteiger charge is -2.09. The van der Waals surface area contributed by atoms with Crippen molar-refractivity contribution in [3.8, 4) is 5.69 Å². The van der Waals surface area contributed by atoms with E-state index in [4.69, 9.17) is 16.1 Å². The fourth-order valence-electron chi connectivity index (χ4n) is 2.01. The standard InChI is InChI=1S/C13H10ClN3O2/c1-8-11-12(19-16-8)15-10(7-14)17(13(11)18)9-5-3-2-4-6-9/h2-6H,7H2,1H3. The highest BCUT2D eigenvalue weighted by atomic mass is 35.5. The molecule has 2 aromatic heterocycles. The van der Waals surface area contributed by atoms with Crippen molar-refractivity contribution in [3.63, 3.8) is 0 Å². The van der Waals surface area contributed by atoms with Gasteiger partial charge < -0.3 is 4.52 Å². The van der Waals surface area contributed by atoms with Crippen LogP contribution in [0, 0.1) is 6.92 Å². The van der Waals surface area contributed by atoms with Gasteiger partial charge in [0.1, 0.15) is 11.2 Å². The number of aryl methyl sites for hydroxylation is 1. The number of hydrogen-bond acceptors (Lipinski definition) is 4. The van der Waals surface area contributed by atoms with E-state index in [1.165, 1.54) is 4.57 Å². The van der Waals surface area contributed by atoms with Gasteiger partial charge in [-0.05, 0) is 19.1 Å². The molecule has 0 aliphatic rings. The van der Waals surface area contributed by atoms with Crippen LogP contribution in [-0.4, -0.2) is 14.7 Å². The first-order valence-electron chi connectivity index (χ1n) is 5.71. The number of nitrogens with zero attached hydrogens (tertiary/aromatic N) is 3. The van der Waals surface area contributed by atoms with Crippen LogP contribution < -0.4 is 5.56 Å². The molecule has 0 radical (unpaired) electrons. The maximum absolute atomic E-state index is 12.6. The number of alkyl halides is 1. The summed E-state index contributed by atoms with van der Waals surface area (Å²) in [4.78, 5) is 16.8. The Morgan fingerprint density at radius 2 is 2.05 bits per heavy atom. The van der Waals surface area contributed by atoms with E-state index in [2.05, 4.69) is 10.1 Å². The van der Waals surface area contributed by atoms with Gasteiger partial charge in [0.2, 0.25) is 0 Å². The van der Waals surface area contributed by atoms with E-state index >= 15 is 0 Å². The maximum Gasteiger partial charge on any atom is 0.271 e. The molecule has 3 aromatic rings. The molecule has 0 bridgehead atoms. The first-order valence-corrected chi connectivity index (χ1v) is 6.25. The summed E-state index contributed by atoms with van der Waals surface area (Å²) in [6.45, 7) is 1.71. The lowest BCUT2D eigenvalue weighted by atomic mass is 10.2. The zero-order chi connectivity index (χ0) is 13.4. The molecule has 1 aromatic carbocycles. The highest BCUT2D eigenvalue weighted by Crippen LogP contribution is 2.16. The van der Waals surface area contributed by atoms with Crippen molar-refractivity contribution in [2.24, 2.45) is 0 Å². The molecule has 0 saturated heterocycles. The normalized spacial score (nSPS) is 11.1. The van der Waals surface area contributed by atoms with Crippen LogP contribution in [0.5, 0.6) is 0 Å². The van der Waals surface area contributed by atoms with Gasteiger partial charge in [-0.2, -0.15) is 4.98 Å². The predicted molar refractivity (Wildman–Crippen MR) is 71.7 cm³/mol. The zero-order valence-corrected chi connectivity index (χ0v) is 10.9. The topological polar surface area (TPSA) is 60.9 Å². The summed E-state index contributed by atoms with van der Waals surface area (Å²) in [6.07, 6.45) is 0. The van der Waals surface area contributed by atoms with Crippen molar-refractivity contribution in [1.29, 1.82) is 0 Å². The van der Waals surface area contributed by atoms with Crippen LogP contribution in [0.2, 0.25) is 0 Å². The van der Waals surface area contributed by atoms with Crippen molar-refractivity contribution < 1.29 is 4.52 Å². The van der Waals surface area contributed by atoms with Gasteiger partial charge in [-0.3, -0.25) is 9.36 Å². The molecule has 0 atom stereocenters. The quantitative estimate of drug-likeness (QED) is 0.674. The van der Waals surface area contributed by atoms with Crippen LogP contribution in [0.4, 0.5) is 0 Å². The van der Waals surface area contributed by atoms with Crippen LogP contribution in [0.3, 0.4) is 0 Å². The van der Waals surface area contributed by atoms with Gasteiger partial charge in [0.25, 0.3) is 11.3 Å². The molecule has 3 rings (SSSR count). The van der Waals surface area contributed by atoms with E-state index in [1.54, 1.807) is 6.92 Å². The van der Waals surface area contributed by atoms with E-state index in [0.717, 1.165) is 5.69 Å². The summed E-state index contributed by atoms with van der Waals surface area (Å²) >= 11 is 5.88. The van der Waals surface area contributed by atoms with E-state index in [1.807, 2.05) is 30.3 Å². The molecule has 0 amide bonds. The highest BCUT2D eigenvalue weighted by Gasteiger charge is 2.17. The second-order valence-electron chi connectivity index (χ2n) is 4.09. The Labute approximate surface area is 113 Å². The minimum Gasteiger partial charge on any atom is -0.335 e. The molecule has 19 heavy (non-hydrogen) atoms. The van der Waals surface area contributed by atoms with E-state index in [9.17, 15) is 4.79 Å². The van der Waals surface area contributed by atoms with Gasteiger partial charge in [-0.1, -0.05) is 23.4 Å². The third kappa shape index (κ3) is 1.82. The first-order chi connectivity index (χ1) is 9.22. The fraction of sp³-hybridized carbons (Fsp3) is 0.154. The number of benzene rings is 1. The summed E-state index contributed by atoms with van der Waals surface area (Å²) < 4.78 is 6.52. The van der Waals surface area contributed by atoms with Crippen molar-refractivity contribution in [3.05, 3.63) is 52.2 Å². The molecule has 2 heterocycles. The molecule has 0 fully saturated rings. The van der Waals surface area contributed by atoms with E-state index in [0.29, 0.717) is 16.9 Å². The molecule has 0 saturated carbocycles. The Morgan fingerprint density at radius 1 is 1.32 bits per heavy atom. The minimum atomic E-state index is -0.217. The number of para-hydroxylation sites is 1. The number of halogens is 1. The van der Waals surface area contributed by atoms with Crippen molar-refractivity contribution in [2.75, 3.05) is 0 Å². The van der Waals surface area contributed by atoms with Gasteiger partial charge in [0.05, 0.1) is 17.3 Å². The molecule has 0 spiro atoms. The highest BCUT2D eigenvalue weighted by molar-refractivity contribution is 6.16. The summed E-state index contributed by atoms with van der Waals surface area (Å²) in [5, 5.41) is 4.16. The van der Waals surface area contributed by atoms with Crippen LogP contribution in [0.1, 0.15) is 11.5 Å². The summed E-state index contributed by atoms with van der Waals surface area (Å²) in [6, 6.07) is 9.24. The summed E-state index contributed by atoms with van der Waals surface area (Å²) in [5.41, 5.74) is 1.26. The van der Waals surface area contributed by atoms with Crippen molar-refractivity contribution in [1.82, 2.24) is 14.7 Å². The predicted octanol–water partition coefficient (Wildman–Crippen LogP) is 2.42. The zero-order valence-electron chi connectivity index (χ0n) is 10.1. The molecule has 6 heteroatoms. The maximum atomic E-state index is 12.6. The fourth-order valence-corrected chi connectivity index (χ4v) is 2.19. The first kappa shape index (κ1) is 11.9. The number of hydrogen-bond donors (Lipinski definition) is 0. The molecule has 0 aliphatic heterocycles. The smallest absolute Gasteiger partial charge is 0.271 e. The second kappa shape index (κ2) is 4.51. The van der Waals surface area contributed by atoms with Crippen molar-refractivity contribution in [2.45, 2.75) is 12.8 Å². The molecular weight excluding hydrogens is 266 g/mol. The largest absolute Gasteiger partial charge is 0.335 e. The van der Waals surface area contributed by atoms with Crippen molar-refractivity contribution >= 4 is 22.7 Å². The summed E-state index contributed by atoms with van der Waals surface area (Å²) in [5.74, 6) is 0.543. The Morgan fingerprint density at radius 3 is 2.74 bits per heavy atom. The SMILES string of the molecule is Cc1noc2nc(CCl)n(-c3ccccc3)c(=O)c12. The third-order valence-corrected chi connectivity index (χ3v) is 3.12. The van der Waals surface area contributed by atoms with Gasteiger partial charge in [0, 0.05) is 0 Å². The lowest BCUT2D eigenvalue weighted by Crippen LogP contribution is -2.23. The Kier molecular flexibility index (Phi) is 2.83. The number of fused-ring (bicyclic) bond motifs is 1. The molecule has 5 nitrogen and oxygen atoms in total. The van der Waals surface area contributed by atoms with E-state index in [-0.39, 0.29) is 17.2 Å². The average molecular weight is 276 g/mol. The van der Waals surface area contributed by atoms with Gasteiger partial charge in [-0.15, -0.1) is 11.6 Å². The molecule has 96 valence electrons. The average Bonchev–Trinajstić information content (AvgIpc) is 2.81. The van der Waals surface area contributed by atoms with Crippen LogP contribution >= 0.6 is 11.6 Å². The van der Waals surface area contributed by atoms with Crippen LogP contribution in [-0.2, 0) is 5.88 Å². The number of rotatable bonds is 2. The Hall–Kier alpha value is -2.14. The molecule has 0 aliphatic carbocycles. The Bertz CT molecular complexity index is 793. The van der Waals surface area contributed by atoms with Gasteiger partial charge in [0.15, 0.2) is 0 Å².